The lowest BCUT2D eigenvalue weighted by atomic mass is 10.1. The van der Waals surface area contributed by atoms with E-state index in [0.717, 1.165) is 0 Å². The fourth-order valence-corrected chi connectivity index (χ4v) is 2.29. The molecule has 2 aromatic rings. The SMILES string of the molecule is OC(CNCc1ccccc1F)c1cc(Cl)ccc1Cl. The summed E-state index contributed by atoms with van der Waals surface area (Å²) in [7, 11) is 0. The van der Waals surface area contributed by atoms with Gasteiger partial charge in [0.15, 0.2) is 0 Å². The van der Waals surface area contributed by atoms with Gasteiger partial charge in [-0.15, -0.1) is 0 Å². The summed E-state index contributed by atoms with van der Waals surface area (Å²) in [6.07, 6.45) is -0.798. The van der Waals surface area contributed by atoms with Crippen molar-refractivity contribution in [3.63, 3.8) is 0 Å². The van der Waals surface area contributed by atoms with Crippen molar-refractivity contribution in [3.8, 4) is 0 Å². The van der Waals surface area contributed by atoms with E-state index >= 15 is 0 Å². The summed E-state index contributed by atoms with van der Waals surface area (Å²) in [6, 6.07) is 11.4. The molecule has 0 amide bonds. The third-order valence-electron chi connectivity index (χ3n) is 2.93. The Morgan fingerprint density at radius 1 is 1.15 bits per heavy atom. The first kappa shape index (κ1) is 15.3. The summed E-state index contributed by atoms with van der Waals surface area (Å²) in [5.41, 5.74) is 1.11. The summed E-state index contributed by atoms with van der Waals surface area (Å²) in [4.78, 5) is 0. The number of halogens is 3. The zero-order valence-corrected chi connectivity index (χ0v) is 12.1. The molecule has 20 heavy (non-hydrogen) atoms. The summed E-state index contributed by atoms with van der Waals surface area (Å²) in [6.45, 7) is 0.594. The molecule has 2 rings (SSSR count). The van der Waals surface area contributed by atoms with E-state index in [-0.39, 0.29) is 12.4 Å². The standard InChI is InChI=1S/C15H14Cl2FNO/c16-11-5-6-13(17)12(7-11)15(20)9-19-8-10-3-1-2-4-14(10)18/h1-7,15,19-20H,8-9H2. The number of nitrogens with one attached hydrogen (secondary N) is 1. The van der Waals surface area contributed by atoms with Gasteiger partial charge in [-0.1, -0.05) is 41.4 Å². The van der Waals surface area contributed by atoms with Crippen molar-refractivity contribution in [2.45, 2.75) is 12.6 Å². The van der Waals surface area contributed by atoms with E-state index in [2.05, 4.69) is 5.32 Å². The largest absolute Gasteiger partial charge is 0.387 e. The molecule has 0 bridgehead atoms. The fraction of sp³-hybridized carbons (Fsp3) is 0.200. The van der Waals surface area contributed by atoms with Gasteiger partial charge in [0, 0.05) is 34.3 Å². The first-order chi connectivity index (χ1) is 9.58. The van der Waals surface area contributed by atoms with Crippen LogP contribution in [-0.4, -0.2) is 11.7 Å². The summed E-state index contributed by atoms with van der Waals surface area (Å²) >= 11 is 11.9. The van der Waals surface area contributed by atoms with Crippen LogP contribution in [-0.2, 0) is 6.54 Å². The van der Waals surface area contributed by atoms with Gasteiger partial charge >= 0.3 is 0 Å². The van der Waals surface area contributed by atoms with Crippen molar-refractivity contribution in [1.29, 1.82) is 0 Å². The lowest BCUT2D eigenvalue weighted by Crippen LogP contribution is -2.21. The zero-order chi connectivity index (χ0) is 14.5. The fourth-order valence-electron chi connectivity index (χ4n) is 1.87. The average Bonchev–Trinajstić information content (AvgIpc) is 2.43. The smallest absolute Gasteiger partial charge is 0.127 e. The number of benzene rings is 2. The first-order valence-corrected chi connectivity index (χ1v) is 6.90. The van der Waals surface area contributed by atoms with Gasteiger partial charge in [-0.25, -0.2) is 4.39 Å². The van der Waals surface area contributed by atoms with Crippen LogP contribution in [0, 0.1) is 5.82 Å². The van der Waals surface area contributed by atoms with Gasteiger partial charge in [-0.05, 0) is 24.3 Å². The zero-order valence-electron chi connectivity index (χ0n) is 10.6. The van der Waals surface area contributed by atoms with Gasteiger partial charge in [-0.3, -0.25) is 0 Å². The van der Waals surface area contributed by atoms with Gasteiger partial charge in [0.25, 0.3) is 0 Å². The molecular weight excluding hydrogens is 300 g/mol. The lowest BCUT2D eigenvalue weighted by Gasteiger charge is -2.14. The van der Waals surface area contributed by atoms with E-state index < -0.39 is 6.10 Å². The highest BCUT2D eigenvalue weighted by Crippen LogP contribution is 2.26. The van der Waals surface area contributed by atoms with Crippen molar-refractivity contribution >= 4 is 23.2 Å². The summed E-state index contributed by atoms with van der Waals surface area (Å²) < 4.78 is 13.4. The minimum atomic E-state index is -0.798. The topological polar surface area (TPSA) is 32.3 Å². The molecule has 2 aromatic carbocycles. The first-order valence-electron chi connectivity index (χ1n) is 6.15. The molecule has 0 aromatic heterocycles. The molecule has 0 heterocycles. The van der Waals surface area contributed by atoms with Crippen molar-refractivity contribution in [2.24, 2.45) is 0 Å². The maximum absolute atomic E-state index is 13.4. The van der Waals surface area contributed by atoms with Gasteiger partial charge in [0.05, 0.1) is 6.10 Å². The number of aliphatic hydroxyl groups is 1. The van der Waals surface area contributed by atoms with Crippen LogP contribution >= 0.6 is 23.2 Å². The predicted octanol–water partition coefficient (Wildman–Crippen LogP) is 3.96. The Morgan fingerprint density at radius 2 is 1.90 bits per heavy atom. The minimum Gasteiger partial charge on any atom is -0.387 e. The van der Waals surface area contributed by atoms with Crippen LogP contribution in [0.1, 0.15) is 17.2 Å². The van der Waals surface area contributed by atoms with Crippen molar-refractivity contribution in [3.05, 3.63) is 69.5 Å². The maximum atomic E-state index is 13.4. The molecule has 1 atom stereocenters. The van der Waals surface area contributed by atoms with Crippen LogP contribution in [0.25, 0.3) is 0 Å². The van der Waals surface area contributed by atoms with E-state index in [9.17, 15) is 9.50 Å². The van der Waals surface area contributed by atoms with Crippen molar-refractivity contribution in [1.82, 2.24) is 5.32 Å². The molecule has 1 unspecified atom stereocenters. The summed E-state index contributed by atoms with van der Waals surface area (Å²) in [5.74, 6) is -0.268. The number of rotatable bonds is 5. The highest BCUT2D eigenvalue weighted by molar-refractivity contribution is 6.33. The second kappa shape index (κ2) is 7.04. The van der Waals surface area contributed by atoms with Crippen LogP contribution in [0.15, 0.2) is 42.5 Å². The molecule has 0 aliphatic rings. The molecule has 0 aliphatic carbocycles. The number of hydrogen-bond acceptors (Lipinski definition) is 2. The summed E-state index contributed by atoms with van der Waals surface area (Å²) in [5, 5.41) is 14.0. The molecule has 0 radical (unpaired) electrons. The van der Waals surface area contributed by atoms with E-state index in [1.165, 1.54) is 6.07 Å². The molecule has 2 nitrogen and oxygen atoms in total. The molecular formula is C15H14Cl2FNO. The molecule has 106 valence electrons. The Labute approximate surface area is 127 Å². The number of aliphatic hydroxyl groups excluding tert-OH is 1. The Balaban J connectivity index is 1.94. The molecule has 0 aliphatic heterocycles. The Morgan fingerprint density at radius 3 is 2.65 bits per heavy atom. The second-order valence-electron chi connectivity index (χ2n) is 4.40. The Hall–Kier alpha value is -1.13. The van der Waals surface area contributed by atoms with Gasteiger partial charge in [0.2, 0.25) is 0 Å². The molecule has 0 spiro atoms. The third kappa shape index (κ3) is 3.93. The third-order valence-corrected chi connectivity index (χ3v) is 3.51. The quantitative estimate of drug-likeness (QED) is 0.876. The van der Waals surface area contributed by atoms with Crippen LogP contribution in [0.4, 0.5) is 4.39 Å². The monoisotopic (exact) mass is 313 g/mol. The number of hydrogen-bond donors (Lipinski definition) is 2. The maximum Gasteiger partial charge on any atom is 0.127 e. The van der Waals surface area contributed by atoms with Gasteiger partial charge < -0.3 is 10.4 Å². The van der Waals surface area contributed by atoms with Crippen LogP contribution < -0.4 is 5.32 Å². The van der Waals surface area contributed by atoms with Crippen LogP contribution in [0.5, 0.6) is 0 Å². The van der Waals surface area contributed by atoms with Gasteiger partial charge in [0.1, 0.15) is 5.82 Å². The van der Waals surface area contributed by atoms with E-state index in [1.54, 1.807) is 36.4 Å². The minimum absolute atomic E-state index is 0.258. The highest BCUT2D eigenvalue weighted by Gasteiger charge is 2.12. The highest BCUT2D eigenvalue weighted by atomic mass is 35.5. The van der Waals surface area contributed by atoms with Gasteiger partial charge in [-0.2, -0.15) is 0 Å². The lowest BCUT2D eigenvalue weighted by molar-refractivity contribution is 0.174. The second-order valence-corrected chi connectivity index (χ2v) is 5.25. The molecule has 2 N–H and O–H groups in total. The van der Waals surface area contributed by atoms with Crippen LogP contribution in [0.2, 0.25) is 10.0 Å². The normalized spacial score (nSPS) is 12.4. The molecule has 0 fully saturated rings. The van der Waals surface area contributed by atoms with E-state index in [1.807, 2.05) is 0 Å². The van der Waals surface area contributed by atoms with Crippen molar-refractivity contribution in [2.75, 3.05) is 6.54 Å². The van der Waals surface area contributed by atoms with Crippen LogP contribution in [0.3, 0.4) is 0 Å². The van der Waals surface area contributed by atoms with E-state index in [0.29, 0.717) is 27.7 Å². The van der Waals surface area contributed by atoms with Crippen molar-refractivity contribution < 1.29 is 9.50 Å². The van der Waals surface area contributed by atoms with E-state index in [4.69, 9.17) is 23.2 Å². The average molecular weight is 314 g/mol. The Kier molecular flexibility index (Phi) is 5.38. The molecule has 0 saturated heterocycles. The molecule has 0 saturated carbocycles. The predicted molar refractivity (Wildman–Crippen MR) is 79.5 cm³/mol. The Bertz CT molecular complexity index is 592. The molecule has 5 heteroatoms.